The number of imide groups is 1. The molecule has 2 N–H and O–H groups in total. The lowest BCUT2D eigenvalue weighted by Gasteiger charge is -2.21. The number of rotatable bonds is 7. The summed E-state index contributed by atoms with van der Waals surface area (Å²) in [7, 11) is 0. The van der Waals surface area contributed by atoms with Gasteiger partial charge in [-0.05, 0) is 57.2 Å². The number of carbonyl (C=O) groups is 2. The molecule has 0 bridgehead atoms. The van der Waals surface area contributed by atoms with Gasteiger partial charge in [0.05, 0.1) is 16.8 Å². The molecule has 0 aliphatic carbocycles. The summed E-state index contributed by atoms with van der Waals surface area (Å²) in [5.74, 6) is 0.331. The largest absolute Gasteiger partial charge is 0.494 e. The Balaban J connectivity index is 1.86. The third-order valence-electron chi connectivity index (χ3n) is 3.95. The van der Waals surface area contributed by atoms with Crippen LogP contribution in [0.25, 0.3) is 10.2 Å². The molecule has 0 saturated carbocycles. The predicted octanol–water partition coefficient (Wildman–Crippen LogP) is 4.07. The number of urea groups is 1. The normalized spacial score (nSPS) is 10.8. The van der Waals surface area contributed by atoms with E-state index in [2.05, 4.69) is 15.6 Å². The molecule has 3 amide bonds. The van der Waals surface area contributed by atoms with E-state index in [0.29, 0.717) is 11.7 Å². The van der Waals surface area contributed by atoms with E-state index in [0.717, 1.165) is 21.7 Å². The van der Waals surface area contributed by atoms with Crippen molar-refractivity contribution in [3.63, 3.8) is 0 Å². The van der Waals surface area contributed by atoms with Crippen LogP contribution in [0.2, 0.25) is 0 Å². The van der Waals surface area contributed by atoms with Gasteiger partial charge in [-0.2, -0.15) is 0 Å². The zero-order valence-electron chi connectivity index (χ0n) is 16.6. The molecular formula is C21H24N4O3S. The first kappa shape index (κ1) is 20.6. The van der Waals surface area contributed by atoms with Crippen LogP contribution < -0.4 is 20.3 Å². The van der Waals surface area contributed by atoms with Gasteiger partial charge < -0.3 is 15.0 Å². The number of benzene rings is 2. The van der Waals surface area contributed by atoms with E-state index in [1.165, 1.54) is 11.3 Å². The van der Waals surface area contributed by atoms with Crippen LogP contribution in [0.5, 0.6) is 5.75 Å². The smallest absolute Gasteiger partial charge is 0.321 e. The summed E-state index contributed by atoms with van der Waals surface area (Å²) in [5, 5.41) is 5.69. The Hall–Kier alpha value is -3.13. The van der Waals surface area contributed by atoms with Crippen molar-refractivity contribution in [2.24, 2.45) is 0 Å². The molecule has 8 heteroatoms. The SMILES string of the molecule is CCOc1ccc(N(CC(=O)NC(=O)NC(C)C)c2nc3ccccc3s2)cc1. The first-order valence-corrected chi connectivity index (χ1v) is 10.2. The minimum absolute atomic E-state index is 0.0423. The van der Waals surface area contributed by atoms with Crippen LogP contribution in [0.1, 0.15) is 20.8 Å². The molecular weight excluding hydrogens is 388 g/mol. The highest BCUT2D eigenvalue weighted by atomic mass is 32.1. The number of ether oxygens (including phenoxy) is 1. The number of nitrogens with one attached hydrogen (secondary N) is 2. The molecule has 1 aromatic heterocycles. The van der Waals surface area contributed by atoms with Crippen LogP contribution in [0, 0.1) is 0 Å². The zero-order chi connectivity index (χ0) is 20.8. The molecule has 3 aromatic rings. The summed E-state index contributed by atoms with van der Waals surface area (Å²) in [6.45, 7) is 6.12. The molecule has 7 nitrogen and oxygen atoms in total. The third-order valence-corrected chi connectivity index (χ3v) is 5.01. The van der Waals surface area contributed by atoms with E-state index in [-0.39, 0.29) is 12.6 Å². The number of nitrogens with zero attached hydrogens (tertiary/aromatic N) is 2. The maximum atomic E-state index is 12.5. The summed E-state index contributed by atoms with van der Waals surface area (Å²) in [6, 6.07) is 14.7. The first-order valence-electron chi connectivity index (χ1n) is 9.42. The number of anilines is 2. The Morgan fingerprint density at radius 1 is 1.14 bits per heavy atom. The highest BCUT2D eigenvalue weighted by molar-refractivity contribution is 7.22. The van der Waals surface area contributed by atoms with E-state index >= 15 is 0 Å². The van der Waals surface area contributed by atoms with Crippen molar-refractivity contribution >= 4 is 44.3 Å². The number of aromatic nitrogens is 1. The Labute approximate surface area is 173 Å². The Kier molecular flexibility index (Phi) is 6.66. The first-order chi connectivity index (χ1) is 14.0. The predicted molar refractivity (Wildman–Crippen MR) is 116 cm³/mol. The van der Waals surface area contributed by atoms with E-state index in [1.54, 1.807) is 4.90 Å². The van der Waals surface area contributed by atoms with Gasteiger partial charge in [-0.1, -0.05) is 23.5 Å². The second kappa shape index (κ2) is 9.38. The Bertz CT molecular complexity index is 952. The third kappa shape index (κ3) is 5.45. The van der Waals surface area contributed by atoms with Gasteiger partial charge in [-0.25, -0.2) is 9.78 Å². The Morgan fingerprint density at radius 2 is 1.86 bits per heavy atom. The van der Waals surface area contributed by atoms with Crippen molar-refractivity contribution in [1.29, 1.82) is 0 Å². The van der Waals surface area contributed by atoms with Gasteiger partial charge in [0, 0.05) is 11.7 Å². The molecule has 1 heterocycles. The molecule has 0 fully saturated rings. The van der Waals surface area contributed by atoms with E-state index in [9.17, 15) is 9.59 Å². The van der Waals surface area contributed by atoms with Crippen LogP contribution in [0.4, 0.5) is 15.6 Å². The molecule has 29 heavy (non-hydrogen) atoms. The highest BCUT2D eigenvalue weighted by Crippen LogP contribution is 2.33. The molecule has 0 saturated heterocycles. The summed E-state index contributed by atoms with van der Waals surface area (Å²) in [6.07, 6.45) is 0. The van der Waals surface area contributed by atoms with Crippen LogP contribution in [0.15, 0.2) is 48.5 Å². The lowest BCUT2D eigenvalue weighted by atomic mass is 10.2. The second-order valence-electron chi connectivity index (χ2n) is 6.65. The van der Waals surface area contributed by atoms with Crippen LogP contribution in [0.3, 0.4) is 0 Å². The summed E-state index contributed by atoms with van der Waals surface area (Å²) < 4.78 is 6.53. The van der Waals surface area contributed by atoms with E-state index < -0.39 is 11.9 Å². The lowest BCUT2D eigenvalue weighted by Crippen LogP contribution is -2.45. The second-order valence-corrected chi connectivity index (χ2v) is 7.66. The van der Waals surface area contributed by atoms with Gasteiger partial charge in [0.25, 0.3) is 0 Å². The topological polar surface area (TPSA) is 83.6 Å². The zero-order valence-corrected chi connectivity index (χ0v) is 17.5. The minimum Gasteiger partial charge on any atom is -0.494 e. The number of para-hydroxylation sites is 1. The van der Waals surface area contributed by atoms with Gasteiger partial charge >= 0.3 is 6.03 Å². The number of hydrogen-bond donors (Lipinski definition) is 2. The monoisotopic (exact) mass is 412 g/mol. The van der Waals surface area contributed by atoms with Crippen molar-refractivity contribution in [2.45, 2.75) is 26.8 Å². The van der Waals surface area contributed by atoms with Crippen molar-refractivity contribution in [1.82, 2.24) is 15.6 Å². The molecule has 152 valence electrons. The van der Waals surface area contributed by atoms with Crippen LogP contribution in [-0.2, 0) is 4.79 Å². The molecule has 2 aromatic carbocycles. The molecule has 0 aliphatic heterocycles. The number of carbonyl (C=O) groups excluding carboxylic acids is 2. The molecule has 0 atom stereocenters. The number of amides is 3. The van der Waals surface area contributed by atoms with Gasteiger partial charge in [0.15, 0.2) is 5.13 Å². The summed E-state index contributed by atoms with van der Waals surface area (Å²) in [5.41, 5.74) is 1.65. The van der Waals surface area contributed by atoms with E-state index in [4.69, 9.17) is 4.74 Å². The fourth-order valence-electron chi connectivity index (χ4n) is 2.74. The molecule has 0 unspecified atom stereocenters. The van der Waals surface area contributed by atoms with Gasteiger partial charge in [-0.3, -0.25) is 10.1 Å². The maximum Gasteiger partial charge on any atom is 0.321 e. The summed E-state index contributed by atoms with van der Waals surface area (Å²) >= 11 is 1.49. The number of thiazole rings is 1. The highest BCUT2D eigenvalue weighted by Gasteiger charge is 2.19. The van der Waals surface area contributed by atoms with Crippen molar-refractivity contribution in [2.75, 3.05) is 18.1 Å². The molecule has 0 radical (unpaired) electrons. The van der Waals surface area contributed by atoms with Gasteiger partial charge in [0.1, 0.15) is 12.3 Å². The quantitative estimate of drug-likeness (QED) is 0.611. The van der Waals surface area contributed by atoms with Crippen molar-refractivity contribution in [3.05, 3.63) is 48.5 Å². The standard InChI is InChI=1S/C21H24N4O3S/c1-4-28-16-11-9-15(10-12-16)25(13-19(26)24-20(27)22-14(2)3)21-23-17-7-5-6-8-18(17)29-21/h5-12,14H,4,13H2,1-3H3,(H2,22,24,26,27). The fourth-order valence-corrected chi connectivity index (χ4v) is 3.73. The molecule has 0 aliphatic rings. The van der Waals surface area contributed by atoms with E-state index in [1.807, 2.05) is 69.3 Å². The number of fused-ring (bicyclic) bond motifs is 1. The molecule has 3 rings (SSSR count). The van der Waals surface area contributed by atoms with Crippen molar-refractivity contribution < 1.29 is 14.3 Å². The molecule has 0 spiro atoms. The maximum absolute atomic E-state index is 12.5. The van der Waals surface area contributed by atoms with Crippen LogP contribution >= 0.6 is 11.3 Å². The minimum atomic E-state index is -0.513. The number of hydrogen-bond acceptors (Lipinski definition) is 6. The average Bonchev–Trinajstić information content (AvgIpc) is 3.10. The Morgan fingerprint density at radius 3 is 2.52 bits per heavy atom. The van der Waals surface area contributed by atoms with Gasteiger partial charge in [-0.15, -0.1) is 0 Å². The lowest BCUT2D eigenvalue weighted by molar-refractivity contribution is -0.118. The van der Waals surface area contributed by atoms with Crippen LogP contribution in [-0.4, -0.2) is 36.1 Å². The van der Waals surface area contributed by atoms with Gasteiger partial charge in [0.2, 0.25) is 5.91 Å². The van der Waals surface area contributed by atoms with Crippen molar-refractivity contribution in [3.8, 4) is 5.75 Å². The fraction of sp³-hybridized carbons (Fsp3) is 0.286. The summed E-state index contributed by atoms with van der Waals surface area (Å²) in [4.78, 5) is 30.9. The average molecular weight is 413 g/mol.